The first-order valence-corrected chi connectivity index (χ1v) is 8.49. The van der Waals surface area contributed by atoms with E-state index in [0.29, 0.717) is 6.42 Å². The molecule has 0 saturated carbocycles. The van der Waals surface area contributed by atoms with Gasteiger partial charge in [0.05, 0.1) is 6.10 Å². The van der Waals surface area contributed by atoms with Crippen molar-refractivity contribution in [2.75, 3.05) is 0 Å². The topological polar surface area (TPSA) is 94.8 Å². The Bertz CT molecular complexity index is 262. The Morgan fingerprint density at radius 1 is 0.818 bits per heavy atom. The van der Waals surface area contributed by atoms with E-state index in [1.54, 1.807) is 0 Å². The lowest BCUT2D eigenvalue weighted by Gasteiger charge is -2.08. The van der Waals surface area contributed by atoms with E-state index < -0.39 is 18.0 Å². The maximum atomic E-state index is 10.3. The molecule has 1 atom stereocenters. The van der Waals surface area contributed by atoms with Gasteiger partial charge in [-0.25, -0.2) is 0 Å². The number of aliphatic hydroxyl groups is 1. The molecule has 5 nitrogen and oxygen atoms in total. The highest BCUT2D eigenvalue weighted by Gasteiger charge is 2.06. The lowest BCUT2D eigenvalue weighted by atomic mass is 10.0. The third-order valence-corrected chi connectivity index (χ3v) is 3.33. The van der Waals surface area contributed by atoms with Crippen molar-refractivity contribution < 1.29 is 24.9 Å². The molecule has 0 aromatic heterocycles. The summed E-state index contributed by atoms with van der Waals surface area (Å²) in [5.74, 6) is -1.65. The quantitative estimate of drug-likeness (QED) is 0.442. The molecule has 0 aromatic rings. The van der Waals surface area contributed by atoms with E-state index in [9.17, 15) is 9.90 Å². The van der Waals surface area contributed by atoms with Crippen molar-refractivity contribution in [1.29, 1.82) is 0 Å². The number of rotatable bonds is 13. The first kappa shape index (κ1) is 23.2. The zero-order chi connectivity index (χ0) is 17.2. The molecule has 0 amide bonds. The van der Waals surface area contributed by atoms with Crippen LogP contribution >= 0.6 is 0 Å². The van der Waals surface area contributed by atoms with Gasteiger partial charge in [-0.3, -0.25) is 9.59 Å². The lowest BCUT2D eigenvalue weighted by Crippen LogP contribution is -2.09. The normalized spacial score (nSPS) is 11.4. The maximum Gasteiger partial charge on any atom is 0.303 e. The van der Waals surface area contributed by atoms with Crippen LogP contribution in [0.3, 0.4) is 0 Å². The van der Waals surface area contributed by atoms with Crippen molar-refractivity contribution in [3.8, 4) is 0 Å². The highest BCUT2D eigenvalue weighted by molar-refractivity contribution is 5.66. The Morgan fingerprint density at radius 2 is 1.23 bits per heavy atom. The number of carbonyl (C=O) groups is 2. The van der Waals surface area contributed by atoms with E-state index in [-0.39, 0.29) is 6.42 Å². The first-order chi connectivity index (χ1) is 10.4. The summed E-state index contributed by atoms with van der Waals surface area (Å²) in [6, 6.07) is 0. The number of hydrogen-bond donors (Lipinski definition) is 3. The number of aliphatic carboxylic acids is 2. The molecule has 0 saturated heterocycles. The number of aliphatic hydroxyl groups excluding tert-OH is 1. The average Bonchev–Trinajstić information content (AvgIpc) is 2.42. The molecule has 1 unspecified atom stereocenters. The van der Waals surface area contributed by atoms with Gasteiger partial charge in [0.15, 0.2) is 0 Å². The minimum Gasteiger partial charge on any atom is -0.481 e. The van der Waals surface area contributed by atoms with E-state index in [1.807, 2.05) is 0 Å². The zero-order valence-electron chi connectivity index (χ0n) is 14.2. The molecule has 0 spiro atoms. The Kier molecular flexibility index (Phi) is 18.9. The summed E-state index contributed by atoms with van der Waals surface area (Å²) >= 11 is 0. The van der Waals surface area contributed by atoms with Crippen molar-refractivity contribution in [2.45, 2.75) is 97.0 Å². The van der Waals surface area contributed by atoms with Crippen molar-refractivity contribution in [2.24, 2.45) is 0 Å². The fourth-order valence-corrected chi connectivity index (χ4v) is 2.13. The summed E-state index contributed by atoms with van der Waals surface area (Å²) in [5.41, 5.74) is 0. The van der Waals surface area contributed by atoms with Crippen molar-refractivity contribution in [3.63, 3.8) is 0 Å². The molecular weight excluding hydrogens is 284 g/mol. The van der Waals surface area contributed by atoms with Crippen LogP contribution in [-0.4, -0.2) is 33.4 Å². The van der Waals surface area contributed by atoms with Gasteiger partial charge in [-0.05, 0) is 12.8 Å². The van der Waals surface area contributed by atoms with Crippen LogP contribution in [0.1, 0.15) is 90.9 Å². The second-order valence-electron chi connectivity index (χ2n) is 5.72. The van der Waals surface area contributed by atoms with Gasteiger partial charge in [0.2, 0.25) is 0 Å². The molecule has 0 aromatic carbocycles. The van der Waals surface area contributed by atoms with Crippen LogP contribution in [0.2, 0.25) is 0 Å². The van der Waals surface area contributed by atoms with Crippen LogP contribution in [0.5, 0.6) is 0 Å². The van der Waals surface area contributed by atoms with E-state index >= 15 is 0 Å². The van der Waals surface area contributed by atoms with Crippen molar-refractivity contribution in [3.05, 3.63) is 0 Å². The molecule has 0 aliphatic carbocycles. The molecule has 132 valence electrons. The largest absolute Gasteiger partial charge is 0.481 e. The van der Waals surface area contributed by atoms with Crippen LogP contribution in [0.15, 0.2) is 0 Å². The lowest BCUT2D eigenvalue weighted by molar-refractivity contribution is -0.137. The summed E-state index contributed by atoms with van der Waals surface area (Å²) < 4.78 is 0. The van der Waals surface area contributed by atoms with E-state index in [1.165, 1.54) is 44.9 Å². The second-order valence-corrected chi connectivity index (χ2v) is 5.72. The highest BCUT2D eigenvalue weighted by atomic mass is 16.4. The SMILES string of the molecule is CC(=O)O.CCCCCCCCCCCC(O)CCC(=O)O. The van der Waals surface area contributed by atoms with Crippen LogP contribution in [0.4, 0.5) is 0 Å². The maximum absolute atomic E-state index is 10.3. The summed E-state index contributed by atoms with van der Waals surface area (Å²) in [5, 5.41) is 25.4. The van der Waals surface area contributed by atoms with Crippen LogP contribution in [-0.2, 0) is 9.59 Å². The summed E-state index contributed by atoms with van der Waals surface area (Å²) in [7, 11) is 0. The monoisotopic (exact) mass is 318 g/mol. The molecular formula is C17H34O5. The Labute approximate surface area is 134 Å². The van der Waals surface area contributed by atoms with Gasteiger partial charge in [-0.2, -0.15) is 0 Å². The third-order valence-electron chi connectivity index (χ3n) is 3.33. The molecule has 5 heteroatoms. The van der Waals surface area contributed by atoms with Crippen LogP contribution < -0.4 is 0 Å². The van der Waals surface area contributed by atoms with Gasteiger partial charge in [0.25, 0.3) is 5.97 Å². The molecule has 0 rings (SSSR count). The molecule has 0 heterocycles. The Balaban J connectivity index is 0. The predicted octanol–water partition coefficient (Wildman–Crippen LogP) is 4.22. The van der Waals surface area contributed by atoms with Gasteiger partial charge in [0, 0.05) is 13.3 Å². The minimum atomic E-state index is -0.833. The van der Waals surface area contributed by atoms with Crippen LogP contribution in [0.25, 0.3) is 0 Å². The molecule has 22 heavy (non-hydrogen) atoms. The molecule has 0 fully saturated rings. The zero-order valence-corrected chi connectivity index (χ0v) is 14.2. The van der Waals surface area contributed by atoms with Gasteiger partial charge < -0.3 is 15.3 Å². The Morgan fingerprint density at radius 3 is 1.64 bits per heavy atom. The smallest absolute Gasteiger partial charge is 0.303 e. The number of hydrogen-bond acceptors (Lipinski definition) is 3. The molecule has 0 aliphatic rings. The molecule has 0 radical (unpaired) electrons. The van der Waals surface area contributed by atoms with Gasteiger partial charge in [-0.1, -0.05) is 64.7 Å². The number of carboxylic acid groups (broad SMARTS) is 2. The molecule has 3 N–H and O–H groups in total. The van der Waals surface area contributed by atoms with E-state index in [4.69, 9.17) is 15.0 Å². The first-order valence-electron chi connectivity index (χ1n) is 8.49. The summed E-state index contributed by atoms with van der Waals surface area (Å²) in [6.07, 6.45) is 12.3. The number of carboxylic acids is 2. The minimum absolute atomic E-state index is 0.0819. The van der Waals surface area contributed by atoms with E-state index in [0.717, 1.165) is 26.2 Å². The number of unbranched alkanes of at least 4 members (excludes halogenated alkanes) is 8. The molecule has 0 bridgehead atoms. The van der Waals surface area contributed by atoms with Crippen molar-refractivity contribution in [1.82, 2.24) is 0 Å². The second kappa shape index (κ2) is 18.0. The standard InChI is InChI=1S/C15H30O3.C2H4O2/c1-2-3-4-5-6-7-8-9-10-11-14(16)12-13-15(17)18;1-2(3)4/h14,16H,2-13H2,1H3,(H,17,18);1H3,(H,3,4). The van der Waals surface area contributed by atoms with Gasteiger partial charge >= 0.3 is 5.97 Å². The Hall–Kier alpha value is -1.10. The fourth-order valence-electron chi connectivity index (χ4n) is 2.13. The fraction of sp³-hybridized carbons (Fsp3) is 0.882. The molecule has 0 aliphatic heterocycles. The third kappa shape index (κ3) is 27.3. The predicted molar refractivity (Wildman–Crippen MR) is 88.0 cm³/mol. The average molecular weight is 318 g/mol. The van der Waals surface area contributed by atoms with Crippen LogP contribution in [0, 0.1) is 0 Å². The summed E-state index contributed by atoms with van der Waals surface area (Å²) in [6.45, 7) is 3.32. The van der Waals surface area contributed by atoms with Crippen molar-refractivity contribution >= 4 is 11.9 Å². The van der Waals surface area contributed by atoms with E-state index in [2.05, 4.69) is 6.92 Å². The van der Waals surface area contributed by atoms with Gasteiger partial charge in [-0.15, -0.1) is 0 Å². The summed E-state index contributed by atoms with van der Waals surface area (Å²) in [4.78, 5) is 19.3. The highest BCUT2D eigenvalue weighted by Crippen LogP contribution is 2.12. The van der Waals surface area contributed by atoms with Gasteiger partial charge in [0.1, 0.15) is 0 Å².